The fourth-order valence-corrected chi connectivity index (χ4v) is 2.58. The molecular weight excluding hydrogens is 315 g/mol. The van der Waals surface area contributed by atoms with Gasteiger partial charge < -0.3 is 10.2 Å². The zero-order valence-electron chi connectivity index (χ0n) is 14.4. The van der Waals surface area contributed by atoms with Gasteiger partial charge in [0.25, 0.3) is 0 Å². The van der Waals surface area contributed by atoms with Crippen molar-refractivity contribution in [2.24, 2.45) is 0 Å². The number of nitrogens with zero attached hydrogens (tertiary/aromatic N) is 3. The molecule has 4 nitrogen and oxygen atoms in total. The Morgan fingerprint density at radius 1 is 1.00 bits per heavy atom. The molecule has 0 saturated heterocycles. The van der Waals surface area contributed by atoms with E-state index in [1.165, 1.54) is 18.0 Å². The molecule has 0 radical (unpaired) electrons. The van der Waals surface area contributed by atoms with Crippen LogP contribution in [0, 0.1) is 5.82 Å². The van der Waals surface area contributed by atoms with E-state index >= 15 is 0 Å². The van der Waals surface area contributed by atoms with E-state index in [1.54, 1.807) is 18.2 Å². The van der Waals surface area contributed by atoms with Gasteiger partial charge in [0.1, 0.15) is 23.8 Å². The maximum absolute atomic E-state index is 13.8. The van der Waals surface area contributed by atoms with Crippen LogP contribution in [-0.2, 0) is 6.54 Å². The van der Waals surface area contributed by atoms with Crippen molar-refractivity contribution in [3.8, 4) is 0 Å². The largest absolute Gasteiger partial charge is 0.350 e. The number of nitrogens with one attached hydrogen (secondary N) is 1. The van der Waals surface area contributed by atoms with Gasteiger partial charge in [-0.2, -0.15) is 0 Å². The molecule has 0 aliphatic heterocycles. The predicted octanol–water partition coefficient (Wildman–Crippen LogP) is 4.77. The highest BCUT2D eigenvalue weighted by Crippen LogP contribution is 2.23. The van der Waals surface area contributed by atoms with E-state index in [9.17, 15) is 4.39 Å². The summed E-state index contributed by atoms with van der Waals surface area (Å²) in [5, 5.41) is 3.02. The molecule has 0 spiro atoms. The van der Waals surface area contributed by atoms with Crippen LogP contribution in [0.3, 0.4) is 0 Å². The maximum Gasteiger partial charge on any atom is 0.146 e. The van der Waals surface area contributed by atoms with Gasteiger partial charge in [0, 0.05) is 18.7 Å². The zero-order chi connectivity index (χ0) is 17.6. The standard InChI is InChI=1S/C20H21FN4/c1-15(2)25(13-16-8-4-3-5-9-16)20-12-19(22-14-23-20)24-18-11-7-6-10-17(18)21/h3-12,14-15H,13H2,1-2H3,(H,22,23,24). The van der Waals surface area contributed by atoms with E-state index in [0.29, 0.717) is 11.5 Å². The second-order valence-corrected chi connectivity index (χ2v) is 6.07. The molecule has 0 fully saturated rings. The van der Waals surface area contributed by atoms with Gasteiger partial charge in [-0.05, 0) is 31.5 Å². The first-order chi connectivity index (χ1) is 12.1. The Morgan fingerprint density at radius 3 is 2.44 bits per heavy atom. The molecule has 5 heteroatoms. The van der Waals surface area contributed by atoms with Crippen molar-refractivity contribution in [3.05, 3.63) is 78.4 Å². The van der Waals surface area contributed by atoms with Crippen LogP contribution in [0.1, 0.15) is 19.4 Å². The van der Waals surface area contributed by atoms with Gasteiger partial charge in [-0.3, -0.25) is 0 Å². The van der Waals surface area contributed by atoms with Crippen LogP contribution in [0.4, 0.5) is 21.7 Å². The lowest BCUT2D eigenvalue weighted by molar-refractivity contribution is 0.631. The van der Waals surface area contributed by atoms with E-state index in [4.69, 9.17) is 0 Å². The Kier molecular flexibility index (Phi) is 5.23. The van der Waals surface area contributed by atoms with E-state index in [1.807, 2.05) is 24.3 Å². The summed E-state index contributed by atoms with van der Waals surface area (Å²) in [6.45, 7) is 4.98. The average molecular weight is 336 g/mol. The quantitative estimate of drug-likeness (QED) is 0.704. The van der Waals surface area contributed by atoms with Crippen LogP contribution in [0.25, 0.3) is 0 Å². The number of halogens is 1. The Balaban J connectivity index is 1.84. The molecule has 1 aromatic heterocycles. The summed E-state index contributed by atoms with van der Waals surface area (Å²) in [6.07, 6.45) is 1.50. The van der Waals surface area contributed by atoms with Crippen molar-refractivity contribution in [2.75, 3.05) is 10.2 Å². The highest BCUT2D eigenvalue weighted by molar-refractivity contribution is 5.60. The third kappa shape index (κ3) is 4.32. The van der Waals surface area contributed by atoms with Crippen LogP contribution in [0.2, 0.25) is 0 Å². The number of para-hydroxylation sites is 1. The third-order valence-corrected chi connectivity index (χ3v) is 3.90. The molecule has 3 rings (SSSR count). The molecule has 1 N–H and O–H groups in total. The van der Waals surface area contributed by atoms with Crippen molar-refractivity contribution in [2.45, 2.75) is 26.4 Å². The van der Waals surface area contributed by atoms with Gasteiger partial charge in [-0.1, -0.05) is 42.5 Å². The van der Waals surface area contributed by atoms with Gasteiger partial charge in [-0.25, -0.2) is 14.4 Å². The van der Waals surface area contributed by atoms with E-state index in [-0.39, 0.29) is 11.9 Å². The molecule has 128 valence electrons. The van der Waals surface area contributed by atoms with Crippen molar-refractivity contribution in [3.63, 3.8) is 0 Å². The van der Waals surface area contributed by atoms with Gasteiger partial charge >= 0.3 is 0 Å². The summed E-state index contributed by atoms with van der Waals surface area (Å²) >= 11 is 0. The van der Waals surface area contributed by atoms with Crippen molar-refractivity contribution >= 4 is 17.3 Å². The smallest absolute Gasteiger partial charge is 0.146 e. The molecule has 0 saturated carbocycles. The summed E-state index contributed by atoms with van der Waals surface area (Å²) in [6, 6.07) is 18.9. The highest BCUT2D eigenvalue weighted by atomic mass is 19.1. The first-order valence-corrected chi connectivity index (χ1v) is 8.27. The minimum Gasteiger partial charge on any atom is -0.350 e. The zero-order valence-corrected chi connectivity index (χ0v) is 14.4. The summed E-state index contributed by atoms with van der Waals surface area (Å²) in [5.74, 6) is 1.05. The summed E-state index contributed by atoms with van der Waals surface area (Å²) in [5.41, 5.74) is 1.60. The number of hydrogen-bond acceptors (Lipinski definition) is 4. The minimum absolute atomic E-state index is 0.261. The molecule has 0 aliphatic rings. The summed E-state index contributed by atoms with van der Waals surface area (Å²) in [7, 11) is 0. The Bertz CT molecular complexity index is 821. The van der Waals surface area contributed by atoms with Gasteiger partial charge in [0.15, 0.2) is 0 Å². The molecule has 0 atom stereocenters. The molecule has 25 heavy (non-hydrogen) atoms. The lowest BCUT2D eigenvalue weighted by Gasteiger charge is -2.28. The Morgan fingerprint density at radius 2 is 1.72 bits per heavy atom. The van der Waals surface area contributed by atoms with Crippen molar-refractivity contribution < 1.29 is 4.39 Å². The SMILES string of the molecule is CC(C)N(Cc1ccccc1)c1cc(Nc2ccccc2F)ncn1. The normalized spacial score (nSPS) is 10.7. The summed E-state index contributed by atoms with van der Waals surface area (Å²) < 4.78 is 13.8. The lowest BCUT2D eigenvalue weighted by atomic mass is 10.2. The second kappa shape index (κ2) is 7.75. The number of rotatable bonds is 6. The topological polar surface area (TPSA) is 41.0 Å². The third-order valence-electron chi connectivity index (χ3n) is 3.90. The Labute approximate surface area is 147 Å². The van der Waals surface area contributed by atoms with Gasteiger partial charge in [-0.15, -0.1) is 0 Å². The number of hydrogen-bond donors (Lipinski definition) is 1. The van der Waals surface area contributed by atoms with Gasteiger partial charge in [0.05, 0.1) is 5.69 Å². The van der Waals surface area contributed by atoms with Crippen LogP contribution < -0.4 is 10.2 Å². The monoisotopic (exact) mass is 336 g/mol. The van der Waals surface area contributed by atoms with Crippen molar-refractivity contribution in [1.29, 1.82) is 0 Å². The molecule has 1 heterocycles. The van der Waals surface area contributed by atoms with Crippen LogP contribution in [0.5, 0.6) is 0 Å². The fraction of sp³-hybridized carbons (Fsp3) is 0.200. The maximum atomic E-state index is 13.8. The van der Waals surface area contributed by atoms with Gasteiger partial charge in [0.2, 0.25) is 0 Å². The molecule has 0 bridgehead atoms. The second-order valence-electron chi connectivity index (χ2n) is 6.07. The first-order valence-electron chi connectivity index (χ1n) is 8.27. The lowest BCUT2D eigenvalue weighted by Crippen LogP contribution is -2.31. The number of benzene rings is 2. The van der Waals surface area contributed by atoms with E-state index in [2.05, 4.69) is 46.2 Å². The molecule has 0 unspecified atom stereocenters. The van der Waals surface area contributed by atoms with Crippen LogP contribution in [-0.4, -0.2) is 16.0 Å². The molecule has 0 aliphatic carbocycles. The fourth-order valence-electron chi connectivity index (χ4n) is 2.58. The summed E-state index contributed by atoms with van der Waals surface area (Å²) in [4.78, 5) is 10.8. The number of aromatic nitrogens is 2. The van der Waals surface area contributed by atoms with E-state index in [0.717, 1.165) is 12.4 Å². The molecule has 2 aromatic carbocycles. The first kappa shape index (κ1) is 16.9. The van der Waals surface area contributed by atoms with Crippen LogP contribution in [0.15, 0.2) is 67.0 Å². The molecule has 0 amide bonds. The van der Waals surface area contributed by atoms with E-state index < -0.39 is 0 Å². The highest BCUT2D eigenvalue weighted by Gasteiger charge is 2.14. The van der Waals surface area contributed by atoms with Crippen molar-refractivity contribution in [1.82, 2.24) is 9.97 Å². The molecular formula is C20H21FN4. The number of anilines is 3. The Hall–Kier alpha value is -2.95. The molecule has 3 aromatic rings. The minimum atomic E-state index is -0.312. The predicted molar refractivity (Wildman–Crippen MR) is 99.5 cm³/mol. The average Bonchev–Trinajstić information content (AvgIpc) is 2.62. The van der Waals surface area contributed by atoms with Crippen LogP contribution >= 0.6 is 0 Å².